The van der Waals surface area contributed by atoms with Crippen molar-refractivity contribution in [2.24, 2.45) is 5.92 Å². The highest BCUT2D eigenvalue weighted by atomic mass is 32.1. The molecule has 0 bridgehead atoms. The van der Waals surface area contributed by atoms with Crippen molar-refractivity contribution in [3.05, 3.63) is 0 Å². The van der Waals surface area contributed by atoms with E-state index in [1.165, 1.54) is 38.6 Å². The van der Waals surface area contributed by atoms with Crippen LogP contribution >= 0.6 is 12.6 Å². The van der Waals surface area contributed by atoms with Crippen LogP contribution in [0.3, 0.4) is 0 Å². The molecule has 1 saturated carbocycles. The van der Waals surface area contributed by atoms with Gasteiger partial charge in [-0.3, -0.25) is 4.90 Å². The molecule has 1 aliphatic heterocycles. The molecular weight excluding hydrogens is 206 g/mol. The number of rotatable bonds is 5. The van der Waals surface area contributed by atoms with E-state index in [1.54, 1.807) is 0 Å². The summed E-state index contributed by atoms with van der Waals surface area (Å²) in [6.07, 6.45) is 7.21. The molecule has 0 aromatic heterocycles. The Morgan fingerprint density at radius 1 is 1.13 bits per heavy atom. The standard InChI is InChI=1S/C12H23NOS/c15-10-9-14-8-7-13-6-2-4-11-3-1-5-12(11)13/h11-12,15H,1-10H2. The fraction of sp³-hybridized carbons (Fsp3) is 1.00. The molecule has 1 heterocycles. The van der Waals surface area contributed by atoms with E-state index >= 15 is 0 Å². The molecule has 2 fully saturated rings. The van der Waals surface area contributed by atoms with Crippen molar-refractivity contribution >= 4 is 12.6 Å². The van der Waals surface area contributed by atoms with E-state index in [-0.39, 0.29) is 0 Å². The van der Waals surface area contributed by atoms with Gasteiger partial charge in [-0.15, -0.1) is 0 Å². The van der Waals surface area contributed by atoms with Crippen LogP contribution in [0, 0.1) is 5.92 Å². The zero-order chi connectivity index (χ0) is 10.5. The molecule has 0 radical (unpaired) electrons. The fourth-order valence-corrected chi connectivity index (χ4v) is 3.31. The molecule has 2 nitrogen and oxygen atoms in total. The third kappa shape index (κ3) is 3.11. The number of ether oxygens (including phenoxy) is 1. The van der Waals surface area contributed by atoms with Gasteiger partial charge in [-0.05, 0) is 38.1 Å². The van der Waals surface area contributed by atoms with Crippen LogP contribution in [-0.2, 0) is 4.74 Å². The number of piperidine rings is 1. The molecule has 1 aliphatic carbocycles. The second-order valence-corrected chi connectivity index (χ2v) is 5.22. The van der Waals surface area contributed by atoms with Crippen molar-refractivity contribution in [3.63, 3.8) is 0 Å². The average molecular weight is 229 g/mol. The Bertz CT molecular complexity index is 188. The van der Waals surface area contributed by atoms with Gasteiger partial charge in [0.2, 0.25) is 0 Å². The minimum atomic E-state index is 0.797. The number of likely N-dealkylation sites (tertiary alicyclic amines) is 1. The van der Waals surface area contributed by atoms with Crippen molar-refractivity contribution in [1.82, 2.24) is 4.90 Å². The van der Waals surface area contributed by atoms with Crippen molar-refractivity contribution < 1.29 is 4.74 Å². The quantitative estimate of drug-likeness (QED) is 0.573. The lowest BCUT2D eigenvalue weighted by molar-refractivity contribution is 0.0629. The lowest BCUT2D eigenvalue weighted by Gasteiger charge is -2.37. The highest BCUT2D eigenvalue weighted by Gasteiger charge is 2.34. The molecule has 0 aromatic rings. The number of nitrogens with zero attached hydrogens (tertiary/aromatic N) is 1. The zero-order valence-electron chi connectivity index (χ0n) is 9.53. The van der Waals surface area contributed by atoms with Gasteiger partial charge in [0.15, 0.2) is 0 Å². The molecule has 2 atom stereocenters. The molecule has 0 spiro atoms. The summed E-state index contributed by atoms with van der Waals surface area (Å²) in [6, 6.07) is 0.887. The molecule has 15 heavy (non-hydrogen) atoms. The molecule has 2 aliphatic rings. The predicted octanol–water partition coefficient (Wildman–Crippen LogP) is 2.20. The summed E-state index contributed by atoms with van der Waals surface area (Å²) in [6.45, 7) is 4.12. The third-order valence-corrected chi connectivity index (χ3v) is 4.05. The summed E-state index contributed by atoms with van der Waals surface area (Å²) in [7, 11) is 0. The Morgan fingerprint density at radius 3 is 2.87 bits per heavy atom. The molecule has 0 amide bonds. The van der Waals surface area contributed by atoms with Gasteiger partial charge in [0.05, 0.1) is 13.2 Å². The summed E-state index contributed by atoms with van der Waals surface area (Å²) >= 11 is 4.14. The van der Waals surface area contributed by atoms with E-state index < -0.39 is 0 Å². The van der Waals surface area contributed by atoms with Gasteiger partial charge in [-0.25, -0.2) is 0 Å². The predicted molar refractivity (Wildman–Crippen MR) is 66.6 cm³/mol. The van der Waals surface area contributed by atoms with Crippen LogP contribution in [0.4, 0.5) is 0 Å². The van der Waals surface area contributed by atoms with Crippen LogP contribution in [0.2, 0.25) is 0 Å². The molecule has 2 unspecified atom stereocenters. The smallest absolute Gasteiger partial charge is 0.0593 e. The van der Waals surface area contributed by atoms with Crippen molar-refractivity contribution in [3.8, 4) is 0 Å². The Hall–Kier alpha value is 0.270. The van der Waals surface area contributed by atoms with Crippen molar-refractivity contribution in [2.45, 2.75) is 38.1 Å². The number of thiol groups is 1. The Kier molecular flexibility index (Phi) is 4.79. The van der Waals surface area contributed by atoms with E-state index in [1.807, 2.05) is 0 Å². The Balaban J connectivity index is 1.71. The first-order chi connectivity index (χ1) is 7.42. The Labute approximate surface area is 98.8 Å². The van der Waals surface area contributed by atoms with E-state index in [0.29, 0.717) is 0 Å². The second-order valence-electron chi connectivity index (χ2n) is 4.77. The molecule has 2 rings (SSSR count). The topological polar surface area (TPSA) is 12.5 Å². The number of fused-ring (bicyclic) bond motifs is 1. The van der Waals surface area contributed by atoms with E-state index in [2.05, 4.69) is 17.5 Å². The number of hydrogen-bond donors (Lipinski definition) is 1. The maximum absolute atomic E-state index is 5.52. The Morgan fingerprint density at radius 2 is 2.00 bits per heavy atom. The van der Waals surface area contributed by atoms with E-state index in [9.17, 15) is 0 Å². The molecule has 0 N–H and O–H groups in total. The lowest BCUT2D eigenvalue weighted by atomic mass is 9.92. The van der Waals surface area contributed by atoms with Crippen molar-refractivity contribution in [2.75, 3.05) is 32.1 Å². The molecule has 3 heteroatoms. The molecule has 0 aromatic carbocycles. The maximum Gasteiger partial charge on any atom is 0.0593 e. The van der Waals surface area contributed by atoms with Gasteiger partial charge >= 0.3 is 0 Å². The first-order valence-electron chi connectivity index (χ1n) is 6.34. The number of hydrogen-bond acceptors (Lipinski definition) is 3. The van der Waals surface area contributed by atoms with E-state index in [4.69, 9.17) is 4.74 Å². The van der Waals surface area contributed by atoms with Gasteiger partial charge in [-0.1, -0.05) is 6.42 Å². The van der Waals surface area contributed by atoms with Crippen molar-refractivity contribution in [1.29, 1.82) is 0 Å². The summed E-state index contributed by atoms with van der Waals surface area (Å²) < 4.78 is 5.52. The first kappa shape index (κ1) is 11.7. The van der Waals surface area contributed by atoms with Gasteiger partial charge in [0.1, 0.15) is 0 Å². The fourth-order valence-electron chi connectivity index (χ4n) is 3.18. The van der Waals surface area contributed by atoms with Gasteiger partial charge < -0.3 is 4.74 Å². The van der Waals surface area contributed by atoms with Gasteiger partial charge in [0, 0.05) is 18.3 Å². The average Bonchev–Trinajstić information content (AvgIpc) is 2.73. The van der Waals surface area contributed by atoms with Crippen LogP contribution in [0.5, 0.6) is 0 Å². The highest BCUT2D eigenvalue weighted by Crippen LogP contribution is 2.36. The van der Waals surface area contributed by atoms with Crippen LogP contribution in [0.25, 0.3) is 0 Å². The first-order valence-corrected chi connectivity index (χ1v) is 6.97. The van der Waals surface area contributed by atoms with Crippen LogP contribution < -0.4 is 0 Å². The van der Waals surface area contributed by atoms with Gasteiger partial charge in [-0.2, -0.15) is 12.6 Å². The van der Waals surface area contributed by atoms with Gasteiger partial charge in [0.25, 0.3) is 0 Å². The summed E-state index contributed by atoms with van der Waals surface area (Å²) in [4.78, 5) is 2.67. The monoisotopic (exact) mass is 229 g/mol. The lowest BCUT2D eigenvalue weighted by Crippen LogP contribution is -2.44. The maximum atomic E-state index is 5.52. The zero-order valence-corrected chi connectivity index (χ0v) is 10.4. The van der Waals surface area contributed by atoms with Crippen LogP contribution in [-0.4, -0.2) is 43.0 Å². The second kappa shape index (κ2) is 6.12. The SMILES string of the molecule is SCCOCCN1CCCC2CCCC21. The summed E-state index contributed by atoms with van der Waals surface area (Å²) in [5.74, 6) is 1.84. The normalized spacial score (nSPS) is 31.8. The highest BCUT2D eigenvalue weighted by molar-refractivity contribution is 7.80. The van der Waals surface area contributed by atoms with Crippen LogP contribution in [0.15, 0.2) is 0 Å². The molecular formula is C12H23NOS. The minimum absolute atomic E-state index is 0.797. The summed E-state index contributed by atoms with van der Waals surface area (Å²) in [5.41, 5.74) is 0. The van der Waals surface area contributed by atoms with Crippen LogP contribution in [0.1, 0.15) is 32.1 Å². The van der Waals surface area contributed by atoms with E-state index in [0.717, 1.165) is 37.5 Å². The largest absolute Gasteiger partial charge is 0.379 e. The summed E-state index contributed by atoms with van der Waals surface area (Å²) in [5, 5.41) is 0. The minimum Gasteiger partial charge on any atom is -0.379 e. The molecule has 1 saturated heterocycles. The third-order valence-electron chi connectivity index (χ3n) is 3.87. The molecule has 88 valence electrons.